The molecule has 0 aliphatic carbocycles. The molecule has 0 radical (unpaired) electrons. The van der Waals surface area contributed by atoms with Gasteiger partial charge in [-0.1, -0.05) is 12.1 Å². The number of nitrogens with two attached hydrogens (primary N) is 1. The molecule has 1 aromatic rings. The fraction of sp³-hybridized carbons (Fsp3) is 0.500. The van der Waals surface area contributed by atoms with Gasteiger partial charge in [0.05, 0.1) is 20.1 Å². The molecule has 0 spiro atoms. The Morgan fingerprint density at radius 2 is 2.11 bits per heavy atom. The van der Waals surface area contributed by atoms with Crippen molar-refractivity contribution in [3.63, 3.8) is 0 Å². The molecule has 1 aromatic carbocycles. The average Bonchev–Trinajstić information content (AvgIpc) is 2.39. The van der Waals surface area contributed by atoms with Gasteiger partial charge >= 0.3 is 5.97 Å². The Kier molecular flexibility index (Phi) is 6.87. The third kappa shape index (κ3) is 5.68. The second-order valence-corrected chi connectivity index (χ2v) is 4.10. The smallest absolute Gasteiger partial charge is 0.309 e. The number of unbranched alkanes of at least 4 members (excludes halogenated alkanes) is 2. The van der Waals surface area contributed by atoms with Gasteiger partial charge in [0, 0.05) is 0 Å². The number of benzene rings is 1. The molecule has 18 heavy (non-hydrogen) atoms. The zero-order valence-corrected chi connectivity index (χ0v) is 10.9. The average molecular weight is 251 g/mol. The minimum atomic E-state index is -0.241. The Morgan fingerprint density at radius 3 is 2.83 bits per heavy atom. The van der Waals surface area contributed by atoms with Crippen molar-refractivity contribution in [1.29, 1.82) is 0 Å². The topological polar surface area (TPSA) is 61.5 Å². The van der Waals surface area contributed by atoms with Crippen molar-refractivity contribution in [3.8, 4) is 5.75 Å². The van der Waals surface area contributed by atoms with Gasteiger partial charge in [0.25, 0.3) is 0 Å². The first-order chi connectivity index (χ1) is 8.76. The lowest BCUT2D eigenvalue weighted by Crippen LogP contribution is -2.05. The fourth-order valence-corrected chi connectivity index (χ4v) is 1.60. The number of hydrogen-bond donors (Lipinski definition) is 1. The Morgan fingerprint density at radius 1 is 1.28 bits per heavy atom. The molecular weight excluding hydrogens is 230 g/mol. The summed E-state index contributed by atoms with van der Waals surface area (Å²) in [7, 11) is 1.39. The van der Waals surface area contributed by atoms with Crippen LogP contribution in [0.1, 0.15) is 24.8 Å². The van der Waals surface area contributed by atoms with Crippen molar-refractivity contribution < 1.29 is 14.3 Å². The van der Waals surface area contributed by atoms with Gasteiger partial charge in [-0.2, -0.15) is 0 Å². The molecule has 4 nitrogen and oxygen atoms in total. The second kappa shape index (κ2) is 8.53. The summed E-state index contributed by atoms with van der Waals surface area (Å²) in [5.41, 5.74) is 6.32. The molecular formula is C14H21NO3. The predicted octanol–water partition coefficient (Wildman–Crippen LogP) is 1.91. The maximum absolute atomic E-state index is 11.1. The van der Waals surface area contributed by atoms with Gasteiger partial charge in [-0.3, -0.25) is 4.79 Å². The minimum absolute atomic E-state index is 0.241. The standard InChI is InChI=1S/C14H21NO3/c1-17-14(16)11-12-6-5-7-13(10-12)18-9-4-2-3-8-15/h5-7,10H,2-4,8-9,11,15H2,1H3. The van der Waals surface area contributed by atoms with Crippen LogP contribution in [0.4, 0.5) is 0 Å². The van der Waals surface area contributed by atoms with Crippen LogP contribution in [-0.4, -0.2) is 26.2 Å². The molecule has 0 aliphatic rings. The fourth-order valence-electron chi connectivity index (χ4n) is 1.60. The van der Waals surface area contributed by atoms with Gasteiger partial charge in [0.15, 0.2) is 0 Å². The highest BCUT2D eigenvalue weighted by atomic mass is 16.5. The molecule has 0 saturated carbocycles. The molecule has 0 aliphatic heterocycles. The molecule has 0 aromatic heterocycles. The highest BCUT2D eigenvalue weighted by Gasteiger charge is 2.03. The summed E-state index contributed by atoms with van der Waals surface area (Å²) in [6, 6.07) is 7.54. The summed E-state index contributed by atoms with van der Waals surface area (Å²) >= 11 is 0. The van der Waals surface area contributed by atoms with Gasteiger partial charge in [0.1, 0.15) is 5.75 Å². The zero-order valence-electron chi connectivity index (χ0n) is 10.9. The first-order valence-electron chi connectivity index (χ1n) is 6.25. The first-order valence-corrected chi connectivity index (χ1v) is 6.25. The van der Waals surface area contributed by atoms with Crippen molar-refractivity contribution in [1.82, 2.24) is 0 Å². The molecule has 0 saturated heterocycles. The van der Waals surface area contributed by atoms with Crippen LogP contribution in [-0.2, 0) is 16.0 Å². The largest absolute Gasteiger partial charge is 0.494 e. The third-order valence-electron chi connectivity index (χ3n) is 2.59. The molecule has 100 valence electrons. The maximum Gasteiger partial charge on any atom is 0.309 e. The SMILES string of the molecule is COC(=O)Cc1cccc(OCCCCCN)c1. The number of carbonyl (C=O) groups is 1. The second-order valence-electron chi connectivity index (χ2n) is 4.10. The molecule has 0 fully saturated rings. The quantitative estimate of drug-likeness (QED) is 0.566. The van der Waals surface area contributed by atoms with E-state index in [1.807, 2.05) is 24.3 Å². The van der Waals surface area contributed by atoms with Gasteiger partial charge in [0.2, 0.25) is 0 Å². The minimum Gasteiger partial charge on any atom is -0.494 e. The highest BCUT2D eigenvalue weighted by Crippen LogP contribution is 2.14. The number of rotatable bonds is 8. The van der Waals surface area contributed by atoms with E-state index >= 15 is 0 Å². The molecule has 0 amide bonds. The van der Waals surface area contributed by atoms with Crippen LogP contribution in [0.5, 0.6) is 5.75 Å². The number of methoxy groups -OCH3 is 1. The van der Waals surface area contributed by atoms with Gasteiger partial charge in [-0.15, -0.1) is 0 Å². The van der Waals surface area contributed by atoms with Crippen LogP contribution in [0, 0.1) is 0 Å². The van der Waals surface area contributed by atoms with E-state index in [0.29, 0.717) is 6.61 Å². The molecule has 0 heterocycles. The van der Waals surface area contributed by atoms with E-state index in [4.69, 9.17) is 10.5 Å². The summed E-state index contributed by atoms with van der Waals surface area (Å²) in [5.74, 6) is 0.555. The van der Waals surface area contributed by atoms with Crippen LogP contribution in [0.2, 0.25) is 0 Å². The lowest BCUT2D eigenvalue weighted by Gasteiger charge is -2.07. The van der Waals surface area contributed by atoms with Gasteiger partial charge in [-0.25, -0.2) is 0 Å². The Bertz CT molecular complexity index is 366. The zero-order chi connectivity index (χ0) is 13.2. The number of ether oxygens (including phenoxy) is 2. The molecule has 0 unspecified atom stereocenters. The van der Waals surface area contributed by atoms with Crippen LogP contribution < -0.4 is 10.5 Å². The van der Waals surface area contributed by atoms with Crippen LogP contribution in [0.15, 0.2) is 24.3 Å². The van der Waals surface area contributed by atoms with E-state index < -0.39 is 0 Å². The lowest BCUT2D eigenvalue weighted by atomic mass is 10.1. The van der Waals surface area contributed by atoms with Gasteiger partial charge in [-0.05, 0) is 43.5 Å². The van der Waals surface area contributed by atoms with E-state index in [9.17, 15) is 4.79 Å². The summed E-state index contributed by atoms with van der Waals surface area (Å²) in [5, 5.41) is 0. The molecule has 0 bridgehead atoms. The van der Waals surface area contributed by atoms with Crippen LogP contribution in [0.3, 0.4) is 0 Å². The number of esters is 1. The van der Waals surface area contributed by atoms with Crippen LogP contribution in [0.25, 0.3) is 0 Å². The van der Waals surface area contributed by atoms with E-state index in [2.05, 4.69) is 4.74 Å². The number of hydrogen-bond acceptors (Lipinski definition) is 4. The summed E-state index contributed by atoms with van der Waals surface area (Å²) in [4.78, 5) is 11.1. The first kappa shape index (κ1) is 14.5. The van der Waals surface area contributed by atoms with Crippen molar-refractivity contribution in [2.75, 3.05) is 20.3 Å². The van der Waals surface area contributed by atoms with Crippen molar-refractivity contribution in [3.05, 3.63) is 29.8 Å². The molecule has 4 heteroatoms. The Balaban J connectivity index is 2.37. The van der Waals surface area contributed by atoms with Crippen LogP contribution >= 0.6 is 0 Å². The van der Waals surface area contributed by atoms with E-state index in [-0.39, 0.29) is 12.4 Å². The summed E-state index contributed by atoms with van der Waals surface area (Å²) < 4.78 is 10.2. The molecule has 2 N–H and O–H groups in total. The predicted molar refractivity (Wildman–Crippen MR) is 70.6 cm³/mol. The molecule has 0 atom stereocenters. The monoisotopic (exact) mass is 251 g/mol. The maximum atomic E-state index is 11.1. The van der Waals surface area contributed by atoms with E-state index in [0.717, 1.165) is 37.1 Å². The van der Waals surface area contributed by atoms with E-state index in [1.165, 1.54) is 7.11 Å². The normalized spacial score (nSPS) is 10.1. The third-order valence-corrected chi connectivity index (χ3v) is 2.59. The summed E-state index contributed by atoms with van der Waals surface area (Å²) in [6.45, 7) is 1.41. The van der Waals surface area contributed by atoms with Crippen molar-refractivity contribution >= 4 is 5.97 Å². The Labute approximate surface area is 108 Å². The van der Waals surface area contributed by atoms with Gasteiger partial charge < -0.3 is 15.2 Å². The number of carbonyl (C=O) groups excluding carboxylic acids is 1. The summed E-state index contributed by atoms with van der Waals surface area (Å²) in [6.07, 6.45) is 3.39. The molecule has 1 rings (SSSR count). The van der Waals surface area contributed by atoms with Crippen molar-refractivity contribution in [2.45, 2.75) is 25.7 Å². The van der Waals surface area contributed by atoms with E-state index in [1.54, 1.807) is 0 Å². The highest BCUT2D eigenvalue weighted by molar-refractivity contribution is 5.72. The lowest BCUT2D eigenvalue weighted by molar-refractivity contribution is -0.139. The van der Waals surface area contributed by atoms with Crippen molar-refractivity contribution in [2.24, 2.45) is 5.73 Å². The Hall–Kier alpha value is -1.55.